The monoisotopic (exact) mass is 290 g/mol. The highest BCUT2D eigenvalue weighted by Crippen LogP contribution is 2.22. The summed E-state index contributed by atoms with van der Waals surface area (Å²) in [6.07, 6.45) is 0. The normalized spacial score (nSPS) is 12.2. The van der Waals surface area contributed by atoms with E-state index in [1.54, 1.807) is 13.1 Å². The number of hydrogen-bond donors (Lipinski definition) is 2. The number of halogens is 1. The average Bonchev–Trinajstić information content (AvgIpc) is 2.70. The van der Waals surface area contributed by atoms with Crippen LogP contribution < -0.4 is 5.32 Å². The van der Waals surface area contributed by atoms with Crippen molar-refractivity contribution in [3.63, 3.8) is 0 Å². The highest BCUT2D eigenvalue weighted by Gasteiger charge is 2.14. The van der Waals surface area contributed by atoms with Crippen LogP contribution in [0.2, 0.25) is 4.34 Å². The van der Waals surface area contributed by atoms with E-state index in [2.05, 4.69) is 5.32 Å². The van der Waals surface area contributed by atoms with E-state index in [0.29, 0.717) is 10.9 Å². The predicted molar refractivity (Wildman–Crippen MR) is 70.9 cm³/mol. The second-order valence-corrected chi connectivity index (χ2v) is 5.70. The fraction of sp³-hybridized carbons (Fsp3) is 0.455. The van der Waals surface area contributed by atoms with Crippen molar-refractivity contribution < 1.29 is 14.7 Å². The lowest BCUT2D eigenvalue weighted by atomic mass is 10.3. The maximum absolute atomic E-state index is 11.7. The molecule has 0 unspecified atom stereocenters. The van der Waals surface area contributed by atoms with Crippen LogP contribution in [0.3, 0.4) is 0 Å². The van der Waals surface area contributed by atoms with Gasteiger partial charge in [-0.15, -0.1) is 11.3 Å². The SMILES string of the molecule is C[C@@H](NCC(=O)N(C)Cc1ccc(Cl)s1)C(=O)O. The fourth-order valence-corrected chi connectivity index (χ4v) is 2.36. The summed E-state index contributed by atoms with van der Waals surface area (Å²) >= 11 is 7.22. The second-order valence-electron chi connectivity index (χ2n) is 3.90. The molecule has 1 heterocycles. The van der Waals surface area contributed by atoms with E-state index in [4.69, 9.17) is 16.7 Å². The number of carbonyl (C=O) groups excluding carboxylic acids is 1. The van der Waals surface area contributed by atoms with Crippen molar-refractivity contribution >= 4 is 34.8 Å². The molecule has 7 heteroatoms. The van der Waals surface area contributed by atoms with Crippen molar-refractivity contribution in [1.29, 1.82) is 0 Å². The molecule has 1 aromatic heterocycles. The summed E-state index contributed by atoms with van der Waals surface area (Å²) in [6.45, 7) is 1.97. The van der Waals surface area contributed by atoms with Crippen LogP contribution in [0.5, 0.6) is 0 Å². The molecular weight excluding hydrogens is 276 g/mol. The summed E-state index contributed by atoms with van der Waals surface area (Å²) in [5, 5.41) is 11.3. The number of carbonyl (C=O) groups is 2. The first-order valence-electron chi connectivity index (χ1n) is 5.34. The molecule has 0 radical (unpaired) electrons. The average molecular weight is 291 g/mol. The lowest BCUT2D eigenvalue weighted by Gasteiger charge is -2.17. The second kappa shape index (κ2) is 6.72. The molecule has 0 fully saturated rings. The van der Waals surface area contributed by atoms with Crippen molar-refractivity contribution in [2.75, 3.05) is 13.6 Å². The molecule has 0 aliphatic carbocycles. The molecule has 1 atom stereocenters. The first-order valence-corrected chi connectivity index (χ1v) is 6.54. The Bertz CT molecular complexity index is 436. The van der Waals surface area contributed by atoms with Gasteiger partial charge in [-0.3, -0.25) is 14.9 Å². The fourth-order valence-electron chi connectivity index (χ4n) is 1.22. The number of aliphatic carboxylic acids is 1. The molecule has 1 aromatic rings. The van der Waals surface area contributed by atoms with Gasteiger partial charge in [-0.1, -0.05) is 11.6 Å². The van der Waals surface area contributed by atoms with Gasteiger partial charge in [-0.25, -0.2) is 0 Å². The molecule has 0 bridgehead atoms. The van der Waals surface area contributed by atoms with Gasteiger partial charge in [-0.05, 0) is 19.1 Å². The number of hydrogen-bond acceptors (Lipinski definition) is 4. The number of rotatable bonds is 6. The van der Waals surface area contributed by atoms with E-state index in [-0.39, 0.29) is 12.5 Å². The number of carboxylic acid groups (broad SMARTS) is 1. The lowest BCUT2D eigenvalue weighted by Crippen LogP contribution is -2.41. The van der Waals surface area contributed by atoms with Gasteiger partial charge in [-0.2, -0.15) is 0 Å². The Balaban J connectivity index is 2.39. The maximum atomic E-state index is 11.7. The molecule has 0 saturated carbocycles. The number of carboxylic acids is 1. The Morgan fingerprint density at radius 2 is 2.22 bits per heavy atom. The quantitative estimate of drug-likeness (QED) is 0.831. The third kappa shape index (κ3) is 4.64. The van der Waals surface area contributed by atoms with Crippen molar-refractivity contribution in [3.05, 3.63) is 21.3 Å². The minimum atomic E-state index is -0.976. The van der Waals surface area contributed by atoms with Crippen molar-refractivity contribution in [2.45, 2.75) is 19.5 Å². The minimum absolute atomic E-state index is 0.00305. The van der Waals surface area contributed by atoms with Gasteiger partial charge >= 0.3 is 5.97 Å². The van der Waals surface area contributed by atoms with E-state index in [0.717, 1.165) is 4.88 Å². The van der Waals surface area contributed by atoms with Crippen LogP contribution in [-0.4, -0.2) is 41.5 Å². The smallest absolute Gasteiger partial charge is 0.320 e. The van der Waals surface area contributed by atoms with E-state index in [1.165, 1.54) is 23.2 Å². The Kier molecular flexibility index (Phi) is 5.58. The molecule has 1 rings (SSSR count). The Hall–Kier alpha value is -1.11. The Morgan fingerprint density at radius 3 is 2.72 bits per heavy atom. The van der Waals surface area contributed by atoms with Crippen molar-refractivity contribution in [2.24, 2.45) is 0 Å². The number of nitrogens with one attached hydrogen (secondary N) is 1. The summed E-state index contributed by atoms with van der Waals surface area (Å²) in [5.74, 6) is -1.14. The summed E-state index contributed by atoms with van der Waals surface area (Å²) < 4.78 is 0.684. The third-order valence-corrected chi connectivity index (χ3v) is 3.59. The van der Waals surface area contributed by atoms with Crippen LogP contribution >= 0.6 is 22.9 Å². The zero-order valence-corrected chi connectivity index (χ0v) is 11.7. The van der Waals surface area contributed by atoms with E-state index in [1.807, 2.05) is 6.07 Å². The minimum Gasteiger partial charge on any atom is -0.480 e. The highest BCUT2D eigenvalue weighted by atomic mass is 35.5. The van der Waals surface area contributed by atoms with Gasteiger partial charge in [0.25, 0.3) is 0 Å². The van der Waals surface area contributed by atoms with Crippen LogP contribution in [0.25, 0.3) is 0 Å². The largest absolute Gasteiger partial charge is 0.480 e. The summed E-state index contributed by atoms with van der Waals surface area (Å²) in [4.78, 5) is 24.8. The first-order chi connectivity index (χ1) is 8.40. The molecule has 1 amide bonds. The number of likely N-dealkylation sites (N-methyl/N-ethyl adjacent to an activating group) is 1. The van der Waals surface area contributed by atoms with Gasteiger partial charge in [0.2, 0.25) is 5.91 Å². The van der Waals surface area contributed by atoms with Crippen LogP contribution in [0.1, 0.15) is 11.8 Å². The number of amides is 1. The maximum Gasteiger partial charge on any atom is 0.320 e. The number of nitrogens with zero attached hydrogens (tertiary/aromatic N) is 1. The highest BCUT2D eigenvalue weighted by molar-refractivity contribution is 7.16. The van der Waals surface area contributed by atoms with Gasteiger partial charge in [0.05, 0.1) is 17.4 Å². The molecule has 0 spiro atoms. The topological polar surface area (TPSA) is 69.6 Å². The van der Waals surface area contributed by atoms with Gasteiger partial charge in [0.1, 0.15) is 6.04 Å². The standard InChI is InChI=1S/C11H15ClN2O3S/c1-7(11(16)17)13-5-10(15)14(2)6-8-3-4-9(12)18-8/h3-4,7,13H,5-6H2,1-2H3,(H,16,17)/t7-/m1/s1. The Labute approximate surface area is 114 Å². The Morgan fingerprint density at radius 1 is 1.56 bits per heavy atom. The molecule has 5 nitrogen and oxygen atoms in total. The summed E-state index contributed by atoms with van der Waals surface area (Å²) in [5.41, 5.74) is 0. The molecule has 0 aliphatic rings. The predicted octanol–water partition coefficient (Wildman–Crippen LogP) is 1.42. The van der Waals surface area contributed by atoms with Gasteiger partial charge in [0.15, 0.2) is 0 Å². The van der Waals surface area contributed by atoms with Crippen LogP contribution in [0.15, 0.2) is 12.1 Å². The molecule has 0 saturated heterocycles. The molecule has 0 aliphatic heterocycles. The van der Waals surface area contributed by atoms with Gasteiger partial charge in [0, 0.05) is 11.9 Å². The zero-order valence-electron chi connectivity index (χ0n) is 10.1. The van der Waals surface area contributed by atoms with Crippen LogP contribution in [0.4, 0.5) is 0 Å². The van der Waals surface area contributed by atoms with E-state index >= 15 is 0 Å². The van der Waals surface area contributed by atoms with Crippen LogP contribution in [-0.2, 0) is 16.1 Å². The molecule has 100 valence electrons. The van der Waals surface area contributed by atoms with Crippen molar-refractivity contribution in [3.8, 4) is 0 Å². The van der Waals surface area contributed by atoms with Gasteiger partial charge < -0.3 is 10.0 Å². The molecule has 0 aromatic carbocycles. The first kappa shape index (κ1) is 14.9. The summed E-state index contributed by atoms with van der Waals surface area (Å²) in [7, 11) is 1.67. The van der Waals surface area contributed by atoms with Crippen molar-refractivity contribution in [1.82, 2.24) is 10.2 Å². The van der Waals surface area contributed by atoms with E-state index in [9.17, 15) is 9.59 Å². The molecule has 2 N–H and O–H groups in total. The lowest BCUT2D eigenvalue weighted by molar-refractivity contribution is -0.139. The third-order valence-electron chi connectivity index (χ3n) is 2.38. The van der Waals surface area contributed by atoms with E-state index < -0.39 is 12.0 Å². The number of thiophene rings is 1. The zero-order chi connectivity index (χ0) is 13.7. The van der Waals surface area contributed by atoms with Crippen LogP contribution in [0, 0.1) is 0 Å². The summed E-state index contributed by atoms with van der Waals surface area (Å²) in [6, 6.07) is 2.91. The molecular formula is C11H15ClN2O3S. The molecule has 18 heavy (non-hydrogen) atoms.